The standard InChI is InChI=1S/C21H33N3O/c1-15-12-20(16(2)24(15)19-6-4-3-5-7-19)21(25)23-10-8-17-13-22-14-18(17)9-11-23/h12,17-19,22H,3-11,13-14H2,1-2H3/t17-,18+. The average molecular weight is 344 g/mol. The first-order chi connectivity index (χ1) is 12.1. The van der Waals surface area contributed by atoms with Gasteiger partial charge in [-0.15, -0.1) is 0 Å². The number of aromatic nitrogens is 1. The molecule has 25 heavy (non-hydrogen) atoms. The Balaban J connectivity index is 1.52. The number of rotatable bonds is 2. The molecule has 0 radical (unpaired) electrons. The minimum Gasteiger partial charge on any atom is -0.345 e. The molecule has 4 nitrogen and oxygen atoms in total. The highest BCUT2D eigenvalue weighted by molar-refractivity contribution is 5.95. The van der Waals surface area contributed by atoms with E-state index in [4.69, 9.17) is 0 Å². The maximum absolute atomic E-state index is 13.2. The van der Waals surface area contributed by atoms with E-state index in [9.17, 15) is 4.79 Å². The number of amides is 1. The Labute approximate surface area is 152 Å². The van der Waals surface area contributed by atoms with E-state index in [0.717, 1.165) is 56.4 Å². The molecule has 0 bridgehead atoms. The molecule has 1 aromatic rings. The van der Waals surface area contributed by atoms with Gasteiger partial charge < -0.3 is 14.8 Å². The van der Waals surface area contributed by atoms with Crippen LogP contribution in [0.4, 0.5) is 0 Å². The third-order valence-corrected chi connectivity index (χ3v) is 6.96. The maximum atomic E-state index is 13.2. The lowest BCUT2D eigenvalue weighted by Gasteiger charge is -2.27. The largest absolute Gasteiger partial charge is 0.345 e. The third-order valence-electron chi connectivity index (χ3n) is 6.96. The number of fused-ring (bicyclic) bond motifs is 1. The van der Waals surface area contributed by atoms with Crippen molar-refractivity contribution in [3.8, 4) is 0 Å². The fraction of sp³-hybridized carbons (Fsp3) is 0.762. The van der Waals surface area contributed by atoms with E-state index in [-0.39, 0.29) is 5.91 Å². The first kappa shape index (κ1) is 17.1. The van der Waals surface area contributed by atoms with Crippen molar-refractivity contribution in [2.24, 2.45) is 11.8 Å². The zero-order valence-corrected chi connectivity index (χ0v) is 15.9. The van der Waals surface area contributed by atoms with Gasteiger partial charge in [-0.05, 0) is 70.5 Å². The van der Waals surface area contributed by atoms with Gasteiger partial charge in [-0.1, -0.05) is 19.3 Å². The third kappa shape index (κ3) is 3.25. The van der Waals surface area contributed by atoms with E-state index in [2.05, 4.69) is 34.7 Å². The second-order valence-electron chi connectivity index (χ2n) is 8.49. The van der Waals surface area contributed by atoms with E-state index in [1.54, 1.807) is 0 Å². The van der Waals surface area contributed by atoms with Crippen molar-refractivity contribution in [3.05, 3.63) is 23.0 Å². The van der Waals surface area contributed by atoms with Crippen molar-refractivity contribution < 1.29 is 4.79 Å². The van der Waals surface area contributed by atoms with Crippen molar-refractivity contribution in [1.82, 2.24) is 14.8 Å². The molecule has 2 atom stereocenters. The molecule has 1 saturated carbocycles. The second kappa shape index (κ2) is 7.14. The Kier molecular flexibility index (Phi) is 4.90. The number of carbonyl (C=O) groups is 1. The zero-order chi connectivity index (χ0) is 17.4. The molecule has 3 heterocycles. The first-order valence-corrected chi connectivity index (χ1v) is 10.3. The summed E-state index contributed by atoms with van der Waals surface area (Å²) >= 11 is 0. The fourth-order valence-electron chi connectivity index (χ4n) is 5.49. The molecule has 4 rings (SSSR count). The Morgan fingerprint density at radius 1 is 1.00 bits per heavy atom. The number of nitrogens with one attached hydrogen (secondary N) is 1. The van der Waals surface area contributed by atoms with Gasteiger partial charge in [0.25, 0.3) is 5.91 Å². The van der Waals surface area contributed by atoms with E-state index >= 15 is 0 Å². The van der Waals surface area contributed by atoms with E-state index in [0.29, 0.717) is 6.04 Å². The van der Waals surface area contributed by atoms with Crippen LogP contribution in [-0.2, 0) is 0 Å². The minimum atomic E-state index is 0.267. The summed E-state index contributed by atoms with van der Waals surface area (Å²) in [5, 5.41) is 3.52. The smallest absolute Gasteiger partial charge is 0.255 e. The Hall–Kier alpha value is -1.29. The van der Waals surface area contributed by atoms with Crippen LogP contribution in [0.2, 0.25) is 0 Å². The van der Waals surface area contributed by atoms with E-state index < -0.39 is 0 Å². The Morgan fingerprint density at radius 3 is 2.28 bits per heavy atom. The normalized spacial score (nSPS) is 28.0. The van der Waals surface area contributed by atoms with Crippen molar-refractivity contribution in [1.29, 1.82) is 0 Å². The molecular formula is C21H33N3O. The van der Waals surface area contributed by atoms with Gasteiger partial charge in [0.2, 0.25) is 0 Å². The number of aryl methyl sites for hydroxylation is 1. The average Bonchev–Trinajstić information content (AvgIpc) is 3.13. The molecule has 0 aromatic carbocycles. The van der Waals surface area contributed by atoms with Crippen molar-refractivity contribution in [3.63, 3.8) is 0 Å². The van der Waals surface area contributed by atoms with Crippen molar-refractivity contribution in [2.75, 3.05) is 26.2 Å². The lowest BCUT2D eigenvalue weighted by atomic mass is 9.92. The monoisotopic (exact) mass is 343 g/mol. The highest BCUT2D eigenvalue weighted by Gasteiger charge is 2.32. The molecule has 4 heteroatoms. The summed E-state index contributed by atoms with van der Waals surface area (Å²) in [7, 11) is 0. The molecule has 3 fully saturated rings. The molecule has 1 N–H and O–H groups in total. The van der Waals surface area contributed by atoms with Crippen molar-refractivity contribution >= 4 is 5.91 Å². The number of carbonyl (C=O) groups excluding carboxylic acids is 1. The minimum absolute atomic E-state index is 0.267. The summed E-state index contributed by atoms with van der Waals surface area (Å²) in [5.41, 5.74) is 3.41. The van der Waals surface area contributed by atoms with Crippen LogP contribution in [-0.4, -0.2) is 41.6 Å². The lowest BCUT2D eigenvalue weighted by Crippen LogP contribution is -2.33. The quantitative estimate of drug-likeness (QED) is 0.889. The van der Waals surface area contributed by atoms with Crippen LogP contribution in [0, 0.1) is 25.7 Å². The van der Waals surface area contributed by atoms with Crippen LogP contribution < -0.4 is 5.32 Å². The molecule has 1 aromatic heterocycles. The SMILES string of the molecule is Cc1cc(C(=O)N2CC[C@@H]3CNC[C@@H]3CC2)c(C)n1C1CCCCC1. The molecule has 2 aliphatic heterocycles. The molecule has 1 amide bonds. The van der Waals surface area contributed by atoms with Crippen LogP contribution in [0.3, 0.4) is 0 Å². The van der Waals surface area contributed by atoms with Gasteiger partial charge in [0.15, 0.2) is 0 Å². The summed E-state index contributed by atoms with van der Waals surface area (Å²) in [4.78, 5) is 15.4. The topological polar surface area (TPSA) is 37.3 Å². The zero-order valence-electron chi connectivity index (χ0n) is 15.9. The number of likely N-dealkylation sites (tertiary alicyclic amines) is 1. The van der Waals surface area contributed by atoms with E-state index in [1.165, 1.54) is 43.5 Å². The molecule has 1 aliphatic carbocycles. The van der Waals surface area contributed by atoms with Gasteiger partial charge in [-0.3, -0.25) is 4.79 Å². The molecule has 2 saturated heterocycles. The van der Waals surface area contributed by atoms with E-state index in [1.807, 2.05) is 0 Å². The maximum Gasteiger partial charge on any atom is 0.255 e. The van der Waals surface area contributed by atoms with Gasteiger partial charge >= 0.3 is 0 Å². The molecule has 138 valence electrons. The van der Waals surface area contributed by atoms with Gasteiger partial charge in [0.05, 0.1) is 5.56 Å². The fourth-order valence-corrected chi connectivity index (χ4v) is 5.49. The highest BCUT2D eigenvalue weighted by Crippen LogP contribution is 2.33. The Morgan fingerprint density at radius 2 is 1.64 bits per heavy atom. The highest BCUT2D eigenvalue weighted by atomic mass is 16.2. The molecular weight excluding hydrogens is 310 g/mol. The van der Waals surface area contributed by atoms with Crippen LogP contribution >= 0.6 is 0 Å². The molecule has 0 unspecified atom stereocenters. The Bertz CT molecular complexity index is 615. The van der Waals surface area contributed by atoms with Crippen LogP contribution in [0.15, 0.2) is 6.07 Å². The van der Waals surface area contributed by atoms with Gasteiger partial charge in [-0.25, -0.2) is 0 Å². The summed E-state index contributed by atoms with van der Waals surface area (Å²) in [6.45, 7) is 8.47. The predicted molar refractivity (Wildman–Crippen MR) is 101 cm³/mol. The summed E-state index contributed by atoms with van der Waals surface area (Å²) in [6.07, 6.45) is 8.87. The van der Waals surface area contributed by atoms with Crippen LogP contribution in [0.25, 0.3) is 0 Å². The van der Waals surface area contributed by atoms with Gasteiger partial charge in [0.1, 0.15) is 0 Å². The van der Waals surface area contributed by atoms with Crippen LogP contribution in [0.5, 0.6) is 0 Å². The number of nitrogens with zero attached hydrogens (tertiary/aromatic N) is 2. The summed E-state index contributed by atoms with van der Waals surface area (Å²) < 4.78 is 2.46. The predicted octanol–water partition coefficient (Wildman–Crippen LogP) is 3.68. The van der Waals surface area contributed by atoms with Crippen LogP contribution in [0.1, 0.15) is 72.7 Å². The van der Waals surface area contributed by atoms with Crippen molar-refractivity contribution in [2.45, 2.75) is 64.8 Å². The summed E-state index contributed by atoms with van der Waals surface area (Å²) in [5.74, 6) is 1.81. The molecule has 0 spiro atoms. The van der Waals surface area contributed by atoms with Gasteiger partial charge in [0, 0.05) is 30.5 Å². The lowest BCUT2D eigenvalue weighted by molar-refractivity contribution is 0.0757. The molecule has 3 aliphatic rings. The number of hydrogen-bond donors (Lipinski definition) is 1. The number of hydrogen-bond acceptors (Lipinski definition) is 2. The van der Waals surface area contributed by atoms with Gasteiger partial charge in [-0.2, -0.15) is 0 Å². The first-order valence-electron chi connectivity index (χ1n) is 10.3. The summed E-state index contributed by atoms with van der Waals surface area (Å²) in [6, 6.07) is 2.75. The second-order valence-corrected chi connectivity index (χ2v) is 8.49.